The van der Waals surface area contributed by atoms with Crippen molar-refractivity contribution in [1.82, 2.24) is 0 Å². The van der Waals surface area contributed by atoms with Crippen molar-refractivity contribution in [3.05, 3.63) is 35.9 Å². The summed E-state index contributed by atoms with van der Waals surface area (Å²) in [6.45, 7) is 2.25. The largest absolute Gasteiger partial charge is 0.300 e. The van der Waals surface area contributed by atoms with Gasteiger partial charge in [-0.3, -0.25) is 4.79 Å². The summed E-state index contributed by atoms with van der Waals surface area (Å²) in [5.74, 6) is 0.501. The van der Waals surface area contributed by atoms with Crippen LogP contribution < -0.4 is 0 Å². The molecule has 0 bridgehead atoms. The summed E-state index contributed by atoms with van der Waals surface area (Å²) in [5.41, 5.74) is 0.727. The fourth-order valence-electron chi connectivity index (χ4n) is 4.89. The van der Waals surface area contributed by atoms with Crippen LogP contribution in [0.1, 0.15) is 50.5 Å². The summed E-state index contributed by atoms with van der Waals surface area (Å²) >= 11 is 0. The first-order valence-electron chi connectivity index (χ1n) is 8.46. The lowest BCUT2D eigenvalue weighted by molar-refractivity contribution is -0.131. The molecule has 2 saturated carbocycles. The average molecular weight is 306 g/mol. The second-order valence-electron chi connectivity index (χ2n) is 7.35. The van der Waals surface area contributed by atoms with Crippen molar-refractivity contribution in [2.75, 3.05) is 0 Å². The van der Waals surface area contributed by atoms with Gasteiger partial charge in [-0.1, -0.05) is 43.7 Å². The molecule has 0 aromatic heterocycles. The number of hydrogen-bond donors (Lipinski definition) is 0. The Hall–Kier alpha value is -2.13. The molecular formula is C20H22N2O. The molecule has 0 spiro atoms. The highest BCUT2D eigenvalue weighted by Gasteiger charge is 2.55. The van der Waals surface area contributed by atoms with Crippen molar-refractivity contribution in [1.29, 1.82) is 10.5 Å². The van der Waals surface area contributed by atoms with E-state index in [4.69, 9.17) is 0 Å². The molecule has 23 heavy (non-hydrogen) atoms. The van der Waals surface area contributed by atoms with Gasteiger partial charge in [0.25, 0.3) is 0 Å². The molecule has 0 radical (unpaired) electrons. The van der Waals surface area contributed by atoms with Gasteiger partial charge in [0.15, 0.2) is 0 Å². The van der Waals surface area contributed by atoms with Gasteiger partial charge in [-0.05, 0) is 36.2 Å². The predicted octanol–water partition coefficient (Wildman–Crippen LogP) is 4.22. The molecule has 0 saturated heterocycles. The molecule has 3 nitrogen and oxygen atoms in total. The van der Waals surface area contributed by atoms with Gasteiger partial charge in [-0.2, -0.15) is 10.5 Å². The number of nitrogens with zero attached hydrogens (tertiary/aromatic N) is 2. The second-order valence-corrected chi connectivity index (χ2v) is 7.35. The molecule has 0 aliphatic heterocycles. The van der Waals surface area contributed by atoms with Crippen LogP contribution in [0.4, 0.5) is 0 Å². The molecular weight excluding hydrogens is 284 g/mol. The van der Waals surface area contributed by atoms with Crippen LogP contribution in [0, 0.1) is 45.8 Å². The molecule has 4 atom stereocenters. The maximum Gasteiger partial charge on any atom is 0.139 e. The number of carbonyl (C=O) groups excluding carboxylic acids is 1. The van der Waals surface area contributed by atoms with E-state index in [2.05, 4.69) is 31.2 Å². The highest BCUT2D eigenvalue weighted by atomic mass is 16.1. The summed E-state index contributed by atoms with van der Waals surface area (Å²) in [4.78, 5) is 12.5. The van der Waals surface area contributed by atoms with Crippen molar-refractivity contribution in [2.45, 2.75) is 44.9 Å². The molecule has 2 aliphatic carbocycles. The Morgan fingerprint density at radius 3 is 2.57 bits per heavy atom. The zero-order chi connectivity index (χ0) is 16.4. The molecule has 1 aromatic rings. The minimum atomic E-state index is -0.685. The molecule has 0 amide bonds. The minimum absolute atomic E-state index is 0.143. The average Bonchev–Trinajstić information content (AvgIpc) is 2.57. The first-order valence-corrected chi connectivity index (χ1v) is 8.46. The Labute approximate surface area is 137 Å². The Morgan fingerprint density at radius 1 is 1.22 bits per heavy atom. The van der Waals surface area contributed by atoms with Gasteiger partial charge in [-0.15, -0.1) is 0 Å². The van der Waals surface area contributed by atoms with Gasteiger partial charge in [0.05, 0.1) is 12.1 Å². The lowest BCUT2D eigenvalue weighted by Crippen LogP contribution is -2.49. The molecule has 2 fully saturated rings. The fourth-order valence-corrected chi connectivity index (χ4v) is 4.89. The van der Waals surface area contributed by atoms with Gasteiger partial charge in [0.1, 0.15) is 11.7 Å². The number of benzene rings is 1. The van der Waals surface area contributed by atoms with Crippen LogP contribution in [-0.4, -0.2) is 5.78 Å². The van der Waals surface area contributed by atoms with Crippen molar-refractivity contribution >= 4 is 5.78 Å². The highest BCUT2D eigenvalue weighted by Crippen LogP contribution is 2.59. The van der Waals surface area contributed by atoms with Gasteiger partial charge >= 0.3 is 0 Å². The van der Waals surface area contributed by atoms with E-state index in [1.807, 2.05) is 18.2 Å². The number of rotatable bonds is 2. The van der Waals surface area contributed by atoms with Crippen LogP contribution >= 0.6 is 0 Å². The Balaban J connectivity index is 2.07. The topological polar surface area (TPSA) is 64.7 Å². The van der Waals surface area contributed by atoms with Crippen molar-refractivity contribution in [3.63, 3.8) is 0 Å². The fraction of sp³-hybridized carbons (Fsp3) is 0.550. The third-order valence-corrected chi connectivity index (χ3v) is 6.02. The summed E-state index contributed by atoms with van der Waals surface area (Å²) in [6.07, 6.45) is 3.78. The van der Waals surface area contributed by atoms with Crippen LogP contribution in [0.25, 0.3) is 0 Å². The Morgan fingerprint density at radius 2 is 1.91 bits per heavy atom. The van der Waals surface area contributed by atoms with Crippen LogP contribution in [-0.2, 0) is 4.79 Å². The van der Waals surface area contributed by atoms with Crippen molar-refractivity contribution < 1.29 is 4.79 Å². The van der Waals surface area contributed by atoms with E-state index in [1.165, 1.54) is 5.56 Å². The summed E-state index contributed by atoms with van der Waals surface area (Å²) in [5, 5.41) is 19.1. The van der Waals surface area contributed by atoms with E-state index in [9.17, 15) is 15.3 Å². The molecule has 3 rings (SSSR count). The second kappa shape index (κ2) is 6.17. The molecule has 2 aliphatic rings. The number of fused-ring (bicyclic) bond motifs is 1. The standard InChI is InChI=1S/C20H22N2O/c1-14-7-8-20(16(12-21)13-22)11-17(23)10-18(19(20)9-14)15-5-3-2-4-6-15/h2-6,14,16,18-19H,7-11H2,1H3/t14-,18-,19-,20+/m0/s1. The maximum atomic E-state index is 12.5. The molecule has 0 N–H and O–H groups in total. The van der Waals surface area contributed by atoms with E-state index in [-0.39, 0.29) is 17.6 Å². The zero-order valence-electron chi connectivity index (χ0n) is 13.5. The van der Waals surface area contributed by atoms with Crippen LogP contribution in [0.15, 0.2) is 30.3 Å². The molecule has 0 unspecified atom stereocenters. The third kappa shape index (κ3) is 2.66. The number of nitriles is 2. The number of Topliss-reactive ketones (excluding diaryl/α,β-unsaturated/α-hetero) is 1. The van der Waals surface area contributed by atoms with Gasteiger partial charge in [-0.25, -0.2) is 0 Å². The number of carbonyl (C=O) groups is 1. The lowest BCUT2D eigenvalue weighted by atomic mass is 9.49. The van der Waals surface area contributed by atoms with Crippen LogP contribution in [0.5, 0.6) is 0 Å². The Kier molecular flexibility index (Phi) is 4.22. The first kappa shape index (κ1) is 15.8. The molecule has 1 aromatic carbocycles. The summed E-state index contributed by atoms with van der Waals surface area (Å²) < 4.78 is 0. The van der Waals surface area contributed by atoms with Gasteiger partial charge in [0.2, 0.25) is 0 Å². The van der Waals surface area contributed by atoms with Crippen molar-refractivity contribution in [2.24, 2.45) is 23.2 Å². The van der Waals surface area contributed by atoms with E-state index in [0.29, 0.717) is 18.8 Å². The van der Waals surface area contributed by atoms with E-state index >= 15 is 0 Å². The number of ketones is 1. The summed E-state index contributed by atoms with van der Waals surface area (Å²) in [7, 11) is 0. The van der Waals surface area contributed by atoms with Crippen molar-refractivity contribution in [3.8, 4) is 12.1 Å². The first-order chi connectivity index (χ1) is 11.1. The quantitative estimate of drug-likeness (QED) is 0.821. The van der Waals surface area contributed by atoms with E-state index in [0.717, 1.165) is 19.3 Å². The highest BCUT2D eigenvalue weighted by molar-refractivity contribution is 5.81. The van der Waals surface area contributed by atoms with E-state index < -0.39 is 11.3 Å². The SMILES string of the molecule is C[C@H]1CC[C@]2(C(C#N)C#N)CC(=O)C[C@@H](c3ccccc3)[C@@H]2C1. The van der Waals surface area contributed by atoms with Crippen LogP contribution in [0.3, 0.4) is 0 Å². The van der Waals surface area contributed by atoms with Gasteiger partial charge in [0, 0.05) is 18.3 Å². The molecule has 3 heteroatoms. The smallest absolute Gasteiger partial charge is 0.139 e. The maximum absolute atomic E-state index is 12.5. The van der Waals surface area contributed by atoms with Crippen LogP contribution in [0.2, 0.25) is 0 Å². The summed E-state index contributed by atoms with van der Waals surface area (Å²) in [6, 6.07) is 14.6. The van der Waals surface area contributed by atoms with Gasteiger partial charge < -0.3 is 0 Å². The molecule has 0 heterocycles. The lowest BCUT2D eigenvalue weighted by Gasteiger charge is -2.52. The zero-order valence-corrected chi connectivity index (χ0v) is 13.5. The number of hydrogen-bond acceptors (Lipinski definition) is 3. The third-order valence-electron chi connectivity index (χ3n) is 6.02. The monoisotopic (exact) mass is 306 g/mol. The normalized spacial score (nSPS) is 33.6. The van der Waals surface area contributed by atoms with E-state index in [1.54, 1.807) is 0 Å². The molecule has 118 valence electrons. The predicted molar refractivity (Wildman–Crippen MR) is 87.1 cm³/mol. The Bertz CT molecular complexity index is 655. The minimum Gasteiger partial charge on any atom is -0.300 e.